The Morgan fingerprint density at radius 1 is 1.13 bits per heavy atom. The molecule has 1 aliphatic rings. The van der Waals surface area contributed by atoms with E-state index in [-0.39, 0.29) is 16.9 Å². The van der Waals surface area contributed by atoms with Crippen molar-refractivity contribution >= 4 is 28.7 Å². The number of anilines is 1. The van der Waals surface area contributed by atoms with Gasteiger partial charge in [-0.05, 0) is 18.6 Å². The Balaban J connectivity index is 2.15. The molecule has 2 aromatic heterocycles. The van der Waals surface area contributed by atoms with E-state index in [9.17, 15) is 14.4 Å². The number of nitrogen functional groups attached to an aromatic ring is 1. The van der Waals surface area contributed by atoms with E-state index in [0.717, 1.165) is 11.6 Å². The number of aromatic amines is 1. The number of benzene rings is 1. The second kappa shape index (κ2) is 4.26. The summed E-state index contributed by atoms with van der Waals surface area (Å²) in [6.07, 6.45) is 0. The minimum Gasteiger partial charge on any atom is -0.384 e. The van der Waals surface area contributed by atoms with Gasteiger partial charge in [-0.15, -0.1) is 0 Å². The van der Waals surface area contributed by atoms with E-state index in [1.165, 1.54) is 4.57 Å². The molecular formula is C14H10N6O3. The Morgan fingerprint density at radius 2 is 1.91 bits per heavy atom. The van der Waals surface area contributed by atoms with E-state index in [4.69, 9.17) is 5.73 Å². The van der Waals surface area contributed by atoms with Crippen LogP contribution in [-0.4, -0.2) is 31.8 Å². The minimum absolute atomic E-state index is 0.00509. The molecular weight excluding hydrogens is 300 g/mol. The number of carbonyl (C=O) groups excluding carboxylic acids is 2. The summed E-state index contributed by atoms with van der Waals surface area (Å²) in [6, 6.07) is 4.62. The molecule has 4 rings (SSSR count). The SMILES string of the molecule is Cc1ccc2n[nH]nc2c1-n1c(N)c2c(cc1=O)C(=O)NC2=O. The molecule has 4 N–H and O–H groups in total. The molecule has 0 aliphatic carbocycles. The van der Waals surface area contributed by atoms with E-state index in [1.807, 2.05) is 0 Å². The van der Waals surface area contributed by atoms with Crippen molar-refractivity contribution in [1.82, 2.24) is 25.3 Å². The maximum atomic E-state index is 12.5. The average molecular weight is 310 g/mol. The van der Waals surface area contributed by atoms with Gasteiger partial charge in [-0.25, -0.2) is 0 Å². The molecule has 9 heteroatoms. The summed E-state index contributed by atoms with van der Waals surface area (Å²) in [7, 11) is 0. The van der Waals surface area contributed by atoms with Gasteiger partial charge >= 0.3 is 0 Å². The molecule has 2 amide bonds. The summed E-state index contributed by atoms with van der Waals surface area (Å²) >= 11 is 0. The number of hydrogen-bond donors (Lipinski definition) is 3. The van der Waals surface area contributed by atoms with Crippen LogP contribution >= 0.6 is 0 Å². The number of H-pyrrole nitrogens is 1. The number of nitrogens with one attached hydrogen (secondary N) is 2. The van der Waals surface area contributed by atoms with Gasteiger partial charge in [0.05, 0.1) is 16.8 Å². The van der Waals surface area contributed by atoms with Gasteiger partial charge < -0.3 is 5.73 Å². The molecule has 0 unspecified atom stereocenters. The lowest BCUT2D eigenvalue weighted by atomic mass is 10.1. The standard InChI is InChI=1S/C14H10N6O3/c1-5-2-3-7-10(18-19-17-7)11(5)20-8(21)4-6-9(12(20)15)14(23)16-13(6)22/h2-4H,15H2,1H3,(H,16,22,23)(H,17,18,19). The van der Waals surface area contributed by atoms with Crippen LogP contribution in [0, 0.1) is 6.92 Å². The zero-order chi connectivity index (χ0) is 16.3. The number of carbonyl (C=O) groups is 2. The van der Waals surface area contributed by atoms with Crippen molar-refractivity contribution in [2.24, 2.45) is 0 Å². The lowest BCUT2D eigenvalue weighted by Crippen LogP contribution is -2.25. The Hall–Kier alpha value is -3.49. The fourth-order valence-electron chi connectivity index (χ4n) is 2.79. The Labute approximate surface area is 128 Å². The molecule has 0 saturated heterocycles. The van der Waals surface area contributed by atoms with Crippen LogP contribution in [-0.2, 0) is 0 Å². The number of rotatable bonds is 1. The molecule has 0 bridgehead atoms. The van der Waals surface area contributed by atoms with Crippen molar-refractivity contribution in [2.75, 3.05) is 5.73 Å². The number of nitrogens with zero attached hydrogens (tertiary/aromatic N) is 3. The molecule has 0 fully saturated rings. The van der Waals surface area contributed by atoms with Crippen LogP contribution in [0.25, 0.3) is 16.7 Å². The molecule has 114 valence electrons. The lowest BCUT2D eigenvalue weighted by Gasteiger charge is -2.14. The van der Waals surface area contributed by atoms with Gasteiger partial charge in [0.2, 0.25) is 0 Å². The number of amides is 2. The van der Waals surface area contributed by atoms with Crippen LogP contribution in [0.3, 0.4) is 0 Å². The first kappa shape index (κ1) is 13.2. The summed E-state index contributed by atoms with van der Waals surface area (Å²) in [5.41, 5.74) is 7.65. The maximum absolute atomic E-state index is 12.5. The van der Waals surface area contributed by atoms with Gasteiger partial charge in [0.15, 0.2) is 0 Å². The average Bonchev–Trinajstić information content (AvgIpc) is 3.06. The first-order chi connectivity index (χ1) is 11.0. The fourth-order valence-corrected chi connectivity index (χ4v) is 2.79. The smallest absolute Gasteiger partial charge is 0.262 e. The highest BCUT2D eigenvalue weighted by Gasteiger charge is 2.32. The molecule has 3 heterocycles. The monoisotopic (exact) mass is 310 g/mol. The summed E-state index contributed by atoms with van der Waals surface area (Å²) < 4.78 is 1.18. The molecule has 0 saturated carbocycles. The molecule has 1 aliphatic heterocycles. The van der Waals surface area contributed by atoms with Gasteiger partial charge in [-0.1, -0.05) is 6.07 Å². The number of nitrogens with two attached hydrogens (primary N) is 1. The first-order valence-corrected chi connectivity index (χ1v) is 6.70. The van der Waals surface area contributed by atoms with Crippen molar-refractivity contribution < 1.29 is 9.59 Å². The van der Waals surface area contributed by atoms with E-state index in [2.05, 4.69) is 20.7 Å². The van der Waals surface area contributed by atoms with Gasteiger partial charge in [0.1, 0.15) is 16.9 Å². The predicted molar refractivity (Wildman–Crippen MR) is 80.4 cm³/mol. The summed E-state index contributed by atoms with van der Waals surface area (Å²) in [5.74, 6) is -1.35. The van der Waals surface area contributed by atoms with E-state index < -0.39 is 17.4 Å². The quantitative estimate of drug-likeness (QED) is 0.536. The van der Waals surface area contributed by atoms with Crippen molar-refractivity contribution in [3.05, 3.63) is 45.2 Å². The highest BCUT2D eigenvalue weighted by Crippen LogP contribution is 2.27. The third-order valence-corrected chi connectivity index (χ3v) is 3.84. The number of hydrogen-bond acceptors (Lipinski definition) is 6. The molecule has 0 radical (unpaired) electrons. The van der Waals surface area contributed by atoms with Crippen LogP contribution < -0.4 is 16.6 Å². The summed E-state index contributed by atoms with van der Waals surface area (Å²) in [5, 5.41) is 12.6. The normalized spacial score (nSPS) is 13.4. The zero-order valence-electron chi connectivity index (χ0n) is 11.9. The summed E-state index contributed by atoms with van der Waals surface area (Å²) in [4.78, 5) is 36.1. The van der Waals surface area contributed by atoms with Crippen molar-refractivity contribution in [3.63, 3.8) is 0 Å². The lowest BCUT2D eigenvalue weighted by molar-refractivity contribution is 0.0880. The number of fused-ring (bicyclic) bond motifs is 2. The Bertz CT molecular complexity index is 1080. The molecule has 1 aromatic carbocycles. The first-order valence-electron chi connectivity index (χ1n) is 6.70. The molecule has 3 aromatic rings. The molecule has 23 heavy (non-hydrogen) atoms. The maximum Gasteiger partial charge on any atom is 0.262 e. The second-order valence-corrected chi connectivity index (χ2v) is 5.20. The van der Waals surface area contributed by atoms with Crippen LogP contribution in [0.5, 0.6) is 0 Å². The van der Waals surface area contributed by atoms with Crippen molar-refractivity contribution in [3.8, 4) is 5.69 Å². The van der Waals surface area contributed by atoms with Gasteiger partial charge in [-0.3, -0.25) is 24.3 Å². The second-order valence-electron chi connectivity index (χ2n) is 5.20. The highest BCUT2D eigenvalue weighted by atomic mass is 16.2. The van der Waals surface area contributed by atoms with Crippen LogP contribution in [0.2, 0.25) is 0 Å². The van der Waals surface area contributed by atoms with Crippen molar-refractivity contribution in [2.45, 2.75) is 6.92 Å². The molecule has 0 spiro atoms. The third kappa shape index (κ3) is 1.64. The Kier molecular flexibility index (Phi) is 2.44. The molecule has 0 atom stereocenters. The fraction of sp³-hybridized carbons (Fsp3) is 0.0714. The van der Waals surface area contributed by atoms with Gasteiger partial charge in [-0.2, -0.15) is 15.4 Å². The minimum atomic E-state index is -0.627. The van der Waals surface area contributed by atoms with E-state index >= 15 is 0 Å². The number of aromatic nitrogens is 4. The van der Waals surface area contributed by atoms with E-state index in [1.54, 1.807) is 19.1 Å². The van der Waals surface area contributed by atoms with Crippen LogP contribution in [0.4, 0.5) is 5.82 Å². The van der Waals surface area contributed by atoms with E-state index in [0.29, 0.717) is 16.7 Å². The third-order valence-electron chi connectivity index (χ3n) is 3.84. The topological polar surface area (TPSA) is 136 Å². The number of aryl methyl sites for hydroxylation is 1. The van der Waals surface area contributed by atoms with Crippen molar-refractivity contribution in [1.29, 1.82) is 0 Å². The largest absolute Gasteiger partial charge is 0.384 e. The van der Waals surface area contributed by atoms with Gasteiger partial charge in [0, 0.05) is 6.07 Å². The highest BCUT2D eigenvalue weighted by molar-refractivity contribution is 6.23. The Morgan fingerprint density at radius 3 is 2.70 bits per heavy atom. The number of imide groups is 1. The van der Waals surface area contributed by atoms with Crippen LogP contribution in [0.1, 0.15) is 26.3 Å². The molecule has 9 nitrogen and oxygen atoms in total. The summed E-state index contributed by atoms with van der Waals surface area (Å²) in [6.45, 7) is 1.79. The van der Waals surface area contributed by atoms with Gasteiger partial charge in [0.25, 0.3) is 17.4 Å². The van der Waals surface area contributed by atoms with Crippen LogP contribution in [0.15, 0.2) is 23.0 Å². The number of pyridine rings is 1. The predicted octanol–water partition coefficient (Wildman–Crippen LogP) is -0.117. The zero-order valence-corrected chi connectivity index (χ0v) is 11.9.